The van der Waals surface area contributed by atoms with E-state index >= 15 is 0 Å². The molecule has 2 rings (SSSR count). The number of amides is 2. The van der Waals surface area contributed by atoms with Crippen molar-refractivity contribution >= 4 is 35.0 Å². The zero-order valence-corrected chi connectivity index (χ0v) is 13.5. The predicted molar refractivity (Wildman–Crippen MR) is 83.4 cm³/mol. The lowest BCUT2D eigenvalue weighted by atomic mass is 10.1. The lowest BCUT2D eigenvalue weighted by Gasteiger charge is -2.30. The highest BCUT2D eigenvalue weighted by Gasteiger charge is 2.32. The van der Waals surface area contributed by atoms with E-state index in [0.29, 0.717) is 29.4 Å². The van der Waals surface area contributed by atoms with Crippen LogP contribution in [0.25, 0.3) is 0 Å². The van der Waals surface area contributed by atoms with E-state index < -0.39 is 6.04 Å². The molecule has 2 atom stereocenters. The summed E-state index contributed by atoms with van der Waals surface area (Å²) in [5.74, 6) is -0.158. The smallest absolute Gasteiger partial charge is 0.245 e. The van der Waals surface area contributed by atoms with E-state index in [4.69, 9.17) is 23.2 Å². The van der Waals surface area contributed by atoms with Crippen molar-refractivity contribution in [3.8, 4) is 0 Å². The van der Waals surface area contributed by atoms with Crippen LogP contribution in [0.15, 0.2) is 18.2 Å². The lowest BCUT2D eigenvalue weighted by molar-refractivity contribution is -0.135. The molecule has 1 aromatic rings. The fourth-order valence-electron chi connectivity index (χ4n) is 2.53. The summed E-state index contributed by atoms with van der Waals surface area (Å²) in [5, 5.41) is 3.84. The Labute approximate surface area is 134 Å². The number of hydrogen-bond acceptors (Lipinski definition) is 2. The van der Waals surface area contributed by atoms with E-state index in [1.807, 2.05) is 19.9 Å². The first-order valence-corrected chi connectivity index (χ1v) is 7.74. The summed E-state index contributed by atoms with van der Waals surface area (Å²) in [4.78, 5) is 25.9. The van der Waals surface area contributed by atoms with Crippen LogP contribution in [-0.4, -0.2) is 29.3 Å². The maximum atomic E-state index is 12.6. The SMILES string of the molecule is CCC1NC(=O)CCN(C(C)c2ccc(Cl)cc2Cl)C1=O. The first kappa shape index (κ1) is 16.1. The third-order valence-electron chi connectivity index (χ3n) is 3.78. The molecule has 0 aromatic heterocycles. The number of carbonyl (C=O) groups excluding carboxylic acids is 2. The van der Waals surface area contributed by atoms with Gasteiger partial charge in [-0.25, -0.2) is 0 Å². The molecule has 21 heavy (non-hydrogen) atoms. The van der Waals surface area contributed by atoms with Gasteiger partial charge in [-0.2, -0.15) is 0 Å². The molecule has 1 aliphatic rings. The molecule has 6 heteroatoms. The van der Waals surface area contributed by atoms with Crippen molar-refractivity contribution in [2.75, 3.05) is 6.54 Å². The molecular formula is C15H18Cl2N2O2. The molecule has 1 N–H and O–H groups in total. The Kier molecular flexibility index (Phi) is 5.12. The van der Waals surface area contributed by atoms with Gasteiger partial charge in [0.2, 0.25) is 11.8 Å². The summed E-state index contributed by atoms with van der Waals surface area (Å²) in [5.41, 5.74) is 0.832. The Balaban J connectivity index is 2.29. The quantitative estimate of drug-likeness (QED) is 0.926. The molecule has 4 nitrogen and oxygen atoms in total. The Morgan fingerprint density at radius 3 is 2.71 bits per heavy atom. The Morgan fingerprint density at radius 2 is 2.10 bits per heavy atom. The third kappa shape index (κ3) is 3.50. The average Bonchev–Trinajstić information content (AvgIpc) is 2.57. The summed E-state index contributed by atoms with van der Waals surface area (Å²) in [6, 6.07) is 4.57. The van der Waals surface area contributed by atoms with Gasteiger partial charge in [-0.3, -0.25) is 9.59 Å². The summed E-state index contributed by atoms with van der Waals surface area (Å²) in [6.45, 7) is 4.18. The van der Waals surface area contributed by atoms with Crippen molar-refractivity contribution in [3.05, 3.63) is 33.8 Å². The Bertz CT molecular complexity index is 563. The van der Waals surface area contributed by atoms with Gasteiger partial charge in [0, 0.05) is 23.0 Å². The molecule has 0 radical (unpaired) electrons. The van der Waals surface area contributed by atoms with Crippen LogP contribution in [-0.2, 0) is 9.59 Å². The minimum absolute atomic E-state index is 0.0677. The van der Waals surface area contributed by atoms with E-state index in [1.54, 1.807) is 17.0 Å². The number of rotatable bonds is 3. The van der Waals surface area contributed by atoms with Crippen LogP contribution in [0.3, 0.4) is 0 Å². The monoisotopic (exact) mass is 328 g/mol. The van der Waals surface area contributed by atoms with Crippen LogP contribution in [0.1, 0.15) is 38.3 Å². The second-order valence-electron chi connectivity index (χ2n) is 5.15. The van der Waals surface area contributed by atoms with Crippen LogP contribution >= 0.6 is 23.2 Å². The van der Waals surface area contributed by atoms with Crippen LogP contribution in [0.2, 0.25) is 10.0 Å². The van der Waals surface area contributed by atoms with E-state index in [9.17, 15) is 9.59 Å². The van der Waals surface area contributed by atoms with Crippen molar-refractivity contribution in [1.82, 2.24) is 10.2 Å². The maximum Gasteiger partial charge on any atom is 0.245 e. The molecule has 1 heterocycles. The number of benzene rings is 1. The topological polar surface area (TPSA) is 49.4 Å². The molecule has 2 amide bonds. The zero-order chi connectivity index (χ0) is 15.6. The van der Waals surface area contributed by atoms with Crippen LogP contribution < -0.4 is 5.32 Å². The minimum Gasteiger partial charge on any atom is -0.344 e. The van der Waals surface area contributed by atoms with Crippen molar-refractivity contribution in [1.29, 1.82) is 0 Å². The van der Waals surface area contributed by atoms with Crippen molar-refractivity contribution in [3.63, 3.8) is 0 Å². The molecule has 1 aliphatic heterocycles. The maximum absolute atomic E-state index is 12.6. The van der Waals surface area contributed by atoms with Crippen LogP contribution in [0.4, 0.5) is 0 Å². The summed E-state index contributed by atoms with van der Waals surface area (Å²) in [6.07, 6.45) is 0.875. The Morgan fingerprint density at radius 1 is 1.38 bits per heavy atom. The fraction of sp³-hybridized carbons (Fsp3) is 0.467. The lowest BCUT2D eigenvalue weighted by Crippen LogP contribution is -2.45. The van der Waals surface area contributed by atoms with E-state index in [2.05, 4.69) is 5.32 Å². The molecule has 1 saturated heterocycles. The standard InChI is InChI=1S/C15H18Cl2N2O2/c1-3-13-15(21)19(7-6-14(20)18-13)9(2)11-5-4-10(16)8-12(11)17/h4-5,8-9,13H,3,6-7H2,1-2H3,(H,18,20). The number of hydrogen-bond donors (Lipinski definition) is 1. The number of nitrogens with one attached hydrogen (secondary N) is 1. The predicted octanol–water partition coefficient (Wildman–Crippen LogP) is 3.18. The van der Waals surface area contributed by atoms with Crippen molar-refractivity contribution < 1.29 is 9.59 Å². The Hall–Kier alpha value is -1.26. The van der Waals surface area contributed by atoms with Gasteiger partial charge in [0.1, 0.15) is 6.04 Å². The van der Waals surface area contributed by atoms with Gasteiger partial charge in [0.15, 0.2) is 0 Å². The second kappa shape index (κ2) is 6.67. The van der Waals surface area contributed by atoms with Gasteiger partial charge in [-0.05, 0) is 31.0 Å². The molecule has 114 valence electrons. The largest absolute Gasteiger partial charge is 0.344 e. The van der Waals surface area contributed by atoms with E-state index in [1.165, 1.54) is 0 Å². The number of nitrogens with zero attached hydrogens (tertiary/aromatic N) is 1. The van der Waals surface area contributed by atoms with E-state index in [-0.39, 0.29) is 17.9 Å². The molecular weight excluding hydrogens is 311 g/mol. The third-order valence-corrected chi connectivity index (χ3v) is 4.35. The van der Waals surface area contributed by atoms with Gasteiger partial charge >= 0.3 is 0 Å². The first-order chi connectivity index (χ1) is 9.93. The molecule has 0 saturated carbocycles. The van der Waals surface area contributed by atoms with Gasteiger partial charge in [-0.15, -0.1) is 0 Å². The normalized spacial score (nSPS) is 21.0. The van der Waals surface area contributed by atoms with Gasteiger partial charge in [0.25, 0.3) is 0 Å². The van der Waals surface area contributed by atoms with Crippen LogP contribution in [0.5, 0.6) is 0 Å². The van der Waals surface area contributed by atoms with Gasteiger partial charge < -0.3 is 10.2 Å². The highest BCUT2D eigenvalue weighted by Crippen LogP contribution is 2.30. The number of carbonyl (C=O) groups is 2. The minimum atomic E-state index is -0.464. The van der Waals surface area contributed by atoms with Gasteiger partial charge in [-0.1, -0.05) is 36.2 Å². The number of halogens is 2. The molecule has 1 fully saturated rings. The fourth-order valence-corrected chi connectivity index (χ4v) is 3.10. The molecule has 1 aromatic carbocycles. The summed E-state index contributed by atoms with van der Waals surface area (Å²) >= 11 is 12.1. The summed E-state index contributed by atoms with van der Waals surface area (Å²) in [7, 11) is 0. The van der Waals surface area contributed by atoms with Gasteiger partial charge in [0.05, 0.1) is 6.04 Å². The molecule has 2 unspecified atom stereocenters. The van der Waals surface area contributed by atoms with Crippen LogP contribution in [0, 0.1) is 0 Å². The highest BCUT2D eigenvalue weighted by atomic mass is 35.5. The average molecular weight is 329 g/mol. The van der Waals surface area contributed by atoms with Crippen molar-refractivity contribution in [2.45, 2.75) is 38.8 Å². The zero-order valence-electron chi connectivity index (χ0n) is 12.0. The second-order valence-corrected chi connectivity index (χ2v) is 6.00. The molecule has 0 aliphatic carbocycles. The van der Waals surface area contributed by atoms with E-state index in [0.717, 1.165) is 5.56 Å². The summed E-state index contributed by atoms with van der Waals surface area (Å²) < 4.78 is 0. The molecule has 0 bridgehead atoms. The van der Waals surface area contributed by atoms with Crippen molar-refractivity contribution in [2.24, 2.45) is 0 Å². The first-order valence-electron chi connectivity index (χ1n) is 6.98. The molecule has 0 spiro atoms. The highest BCUT2D eigenvalue weighted by molar-refractivity contribution is 6.35.